The predicted octanol–water partition coefficient (Wildman–Crippen LogP) is -4.18. The van der Waals surface area contributed by atoms with Gasteiger partial charge in [0.05, 0.1) is 0 Å². The highest BCUT2D eigenvalue weighted by atomic mass is 32.2. The Kier molecular flexibility index (Phi) is 85.9. The molecule has 24 N–H and O–H groups in total. The standard InChI is InChI=1S/C25H45NO8S4.C19H35NO6S3.C13H25NO4S2.9H2O/c1-26-22(28)19(11-15-36(4)5)32-24(30)21(13-17-38(8)9)34-25(31)20(12-16-37(6)7)33-23(29)18(27)10-14-35(2)3;1-20-17(22)15(9-12-28(4)5)25-19(24)16(10-13-29(6)7)26-18(23)14(21)8-11-27(2)3;1-14-12(16)11(7-9-20(4)5)18-13(17)10(15)6-8-19(2)3;;;;;;;;;/h18-21,27H,2,4,6,8,10-17H2,1,3,5,7,9H3,(H,26,28);14-16,21H,2,4,6,8-13H2,1,3,5,7H3,(H,20,22);10-11,15H,2,4,6-9H2,1,3,5H3,(H,14,16);9*1H2. The molecule has 0 saturated heterocycles. The SMILES string of the molecule is C=S(C)CCC(O)C(=O)OC(CCS(=C)C)C(=O)NC.C=S(C)CCC(O)C(=O)OC(CCS(=C)C)C(=O)OC(CCS(=C)C)C(=O)NC.C=S(C)CCC(O)C(=O)OC(CCS(=C)C)C(=O)OC(CCS(=C)C)C(=O)OC(CCS(=C)C)C(=O)NC.O.O.O.O.O.O.O.O.O. The molecule has 30 nitrogen and oxygen atoms in total. The minimum Gasteiger partial charge on any atom is -0.450 e. The third-order valence-corrected chi connectivity index (χ3v) is 19.8. The number of esters is 6. The quantitative estimate of drug-likeness (QED) is 0.0192. The number of rotatable bonds is 42. The Bertz CT molecular complexity index is 2440. The van der Waals surface area contributed by atoms with Crippen LogP contribution in [-0.4, -0.2) is 355 Å². The maximum absolute atomic E-state index is 13.1. The summed E-state index contributed by atoms with van der Waals surface area (Å²) in [5, 5.41) is 37.3. The molecule has 18 atom stereocenters. The fourth-order valence-electron chi connectivity index (χ4n) is 6.33. The summed E-state index contributed by atoms with van der Waals surface area (Å²) in [6.45, 7) is 0. The van der Waals surface area contributed by atoms with Crippen molar-refractivity contribution in [2.75, 3.05) is 129 Å². The number of hydrogen-bond acceptors (Lipinski definition) is 18. The largest absolute Gasteiger partial charge is 0.450 e. The first kappa shape index (κ1) is 120. The van der Waals surface area contributed by atoms with E-state index in [4.69, 9.17) is 28.4 Å². The highest BCUT2D eigenvalue weighted by Gasteiger charge is 2.35. The maximum Gasteiger partial charge on any atom is 0.348 e. The van der Waals surface area contributed by atoms with Crippen molar-refractivity contribution in [2.24, 2.45) is 0 Å². The summed E-state index contributed by atoms with van der Waals surface area (Å²) in [5.74, 6) is 33.7. The second-order valence-electron chi connectivity index (χ2n) is 20.4. The molecular weight excluding hydrogens is 1450 g/mol. The Morgan fingerprint density at radius 1 is 0.260 bits per heavy atom. The molecule has 0 aromatic heterocycles. The van der Waals surface area contributed by atoms with Crippen LogP contribution in [0.25, 0.3) is 0 Å². The van der Waals surface area contributed by atoms with Gasteiger partial charge in [-0.3, -0.25) is 14.4 Å². The van der Waals surface area contributed by atoms with Gasteiger partial charge in [-0.25, -0.2) is 28.8 Å². The van der Waals surface area contributed by atoms with Crippen molar-refractivity contribution in [1.82, 2.24) is 16.0 Å². The summed E-state index contributed by atoms with van der Waals surface area (Å²) in [6, 6.07) is 0. The van der Waals surface area contributed by atoms with Gasteiger partial charge in [-0.1, -0.05) is 52.8 Å². The topological polar surface area (TPSA) is 589 Å². The second-order valence-corrected chi connectivity index (χ2v) is 38.2. The maximum atomic E-state index is 13.1. The Hall–Kier alpha value is -3.27. The number of carbonyl (C=O) groups excluding carboxylic acids is 9. The molecule has 0 aliphatic heterocycles. The number of carbonyl (C=O) groups is 9. The van der Waals surface area contributed by atoms with Crippen LogP contribution in [0.3, 0.4) is 0 Å². The van der Waals surface area contributed by atoms with E-state index in [2.05, 4.69) is 68.8 Å². The van der Waals surface area contributed by atoms with Crippen molar-refractivity contribution < 1.29 is 136 Å². The third kappa shape index (κ3) is 62.9. The van der Waals surface area contributed by atoms with E-state index in [-0.39, 0.29) is 188 Å². The number of aliphatic hydroxyl groups excluding tert-OH is 3. The smallest absolute Gasteiger partial charge is 0.348 e. The molecule has 18 unspecified atom stereocenters. The predicted molar refractivity (Wildman–Crippen MR) is 423 cm³/mol. The van der Waals surface area contributed by atoms with E-state index in [0.29, 0.717) is 71.0 Å². The van der Waals surface area contributed by atoms with Gasteiger partial charge in [0, 0.05) is 59.7 Å². The molecule has 0 saturated carbocycles. The van der Waals surface area contributed by atoms with E-state index < -0.39 is 103 Å². The van der Waals surface area contributed by atoms with E-state index in [1.807, 2.05) is 56.3 Å². The second kappa shape index (κ2) is 68.8. The van der Waals surface area contributed by atoms with Gasteiger partial charge in [-0.15, -0.1) is 0 Å². The molecule has 0 aliphatic rings. The summed E-state index contributed by atoms with van der Waals surface area (Å²) in [6.07, 6.45) is 8.63. The molecule has 3 amide bonds. The van der Waals surface area contributed by atoms with Crippen molar-refractivity contribution in [3.8, 4) is 0 Å². The number of ether oxygens (including phenoxy) is 6. The molecule has 0 spiro atoms. The van der Waals surface area contributed by atoms with Crippen molar-refractivity contribution in [2.45, 2.75) is 113 Å². The first-order chi connectivity index (χ1) is 40.4. The third-order valence-electron chi connectivity index (χ3n) is 11.4. The van der Waals surface area contributed by atoms with E-state index in [1.165, 1.54) is 21.1 Å². The summed E-state index contributed by atoms with van der Waals surface area (Å²) >= 11 is 0. The molecule has 0 aromatic rings. The lowest BCUT2D eigenvalue weighted by atomic mass is 10.2. The first-order valence-electron chi connectivity index (χ1n) is 27.1. The fraction of sp³-hybridized carbons (Fsp3) is 0.684. The van der Waals surface area contributed by atoms with E-state index in [9.17, 15) is 58.5 Å². The van der Waals surface area contributed by atoms with Gasteiger partial charge in [0.2, 0.25) is 0 Å². The molecule has 96 heavy (non-hydrogen) atoms. The molecule has 0 bridgehead atoms. The molecule has 39 heteroatoms. The van der Waals surface area contributed by atoms with Crippen molar-refractivity contribution in [3.63, 3.8) is 0 Å². The number of aliphatic hydroxyl groups is 3. The zero-order valence-corrected chi connectivity index (χ0v) is 65.3. The molecule has 0 fully saturated rings. The first-order valence-corrected chi connectivity index (χ1v) is 44.9. The monoisotopic (exact) mass is 1570 g/mol. The lowest BCUT2D eigenvalue weighted by molar-refractivity contribution is -0.184. The van der Waals surface area contributed by atoms with Crippen LogP contribution in [0.1, 0.15) is 57.8 Å². The van der Waals surface area contributed by atoms with Crippen molar-refractivity contribution in [1.29, 1.82) is 0 Å². The lowest BCUT2D eigenvalue weighted by Crippen LogP contribution is -2.42. The Morgan fingerprint density at radius 2 is 0.385 bits per heavy atom. The summed E-state index contributed by atoms with van der Waals surface area (Å²) in [4.78, 5) is 111. The molecular formula is C57H123N3O27S9. The number of likely N-dealkylation sites (N-methyl/N-ethyl adjacent to an activating group) is 3. The van der Waals surface area contributed by atoms with E-state index >= 15 is 0 Å². The highest BCUT2D eigenvalue weighted by Crippen LogP contribution is 2.21. The summed E-state index contributed by atoms with van der Waals surface area (Å²) < 4.78 is 32.0. The average Bonchev–Trinajstić information content (AvgIpc) is 0.985. The average molecular weight is 1570 g/mol. The van der Waals surface area contributed by atoms with Gasteiger partial charge in [0.1, 0.15) is 0 Å². The summed E-state index contributed by atoms with van der Waals surface area (Å²) in [5.41, 5.74) is 0. The zero-order chi connectivity index (χ0) is 67.7. The number of hydrogen-bond donors (Lipinski definition) is 6. The number of nitrogens with one attached hydrogen (secondary N) is 3. The Labute approximate surface area is 590 Å². The van der Waals surface area contributed by atoms with Gasteiger partial charge in [-0.2, -0.15) is 94.4 Å². The minimum absolute atomic E-state index is 0. The van der Waals surface area contributed by atoms with Crippen LogP contribution < -0.4 is 16.0 Å². The lowest BCUT2D eigenvalue weighted by Gasteiger charge is -2.24. The van der Waals surface area contributed by atoms with Crippen LogP contribution in [0.5, 0.6) is 0 Å². The van der Waals surface area contributed by atoms with Gasteiger partial charge in [0.15, 0.2) is 54.9 Å². The van der Waals surface area contributed by atoms with Crippen LogP contribution in [0.15, 0.2) is 0 Å². The molecule has 582 valence electrons. The van der Waals surface area contributed by atoms with Gasteiger partial charge >= 0.3 is 35.8 Å². The summed E-state index contributed by atoms with van der Waals surface area (Å²) in [7, 11) is 2.61. The Balaban J connectivity index is -0.000000110. The van der Waals surface area contributed by atoms with Gasteiger partial charge in [-0.05, 0) is 127 Å². The van der Waals surface area contributed by atoms with E-state index in [1.54, 1.807) is 0 Å². The zero-order valence-electron chi connectivity index (χ0n) is 57.9. The molecule has 0 aliphatic carbocycles. The normalized spacial score (nSPS) is 15.7. The molecule has 0 rings (SSSR count). The van der Waals surface area contributed by atoms with Crippen LogP contribution in [0.4, 0.5) is 0 Å². The Morgan fingerprint density at radius 3 is 0.542 bits per heavy atom. The van der Waals surface area contributed by atoms with Crippen LogP contribution in [0.2, 0.25) is 0 Å². The van der Waals surface area contributed by atoms with Gasteiger partial charge < -0.3 is 109 Å². The van der Waals surface area contributed by atoms with Crippen LogP contribution in [-0.2, 0) is 71.6 Å². The van der Waals surface area contributed by atoms with Crippen LogP contribution in [0, 0.1) is 0 Å². The van der Waals surface area contributed by atoms with Crippen molar-refractivity contribution >= 4 is 201 Å². The van der Waals surface area contributed by atoms with Crippen molar-refractivity contribution in [3.05, 3.63) is 0 Å². The fourth-order valence-corrected chi connectivity index (χ4v) is 11.9. The number of amides is 3. The molecule has 0 aromatic carbocycles. The van der Waals surface area contributed by atoms with Crippen LogP contribution >= 0.6 is 94.4 Å². The highest BCUT2D eigenvalue weighted by molar-refractivity contribution is 8.15. The van der Waals surface area contributed by atoms with Gasteiger partial charge in [0.25, 0.3) is 17.7 Å². The van der Waals surface area contributed by atoms with E-state index in [0.717, 1.165) is 0 Å². The molecule has 0 heterocycles. The minimum atomic E-state index is -1.40. The molecule has 0 radical (unpaired) electrons.